The Kier molecular flexibility index (Phi) is 5.96. The van der Waals surface area contributed by atoms with Crippen LogP contribution in [0.25, 0.3) is 11.0 Å². The molecule has 0 saturated heterocycles. The number of fused-ring (bicyclic) bond motifs is 1. The van der Waals surface area contributed by atoms with Gasteiger partial charge in [0.1, 0.15) is 5.82 Å². The van der Waals surface area contributed by atoms with Crippen molar-refractivity contribution in [2.45, 2.75) is 44.8 Å². The lowest BCUT2D eigenvalue weighted by molar-refractivity contribution is -0.152. The molecular formula is C22H24F3N3O2S. The van der Waals surface area contributed by atoms with Crippen LogP contribution in [0.2, 0.25) is 0 Å². The van der Waals surface area contributed by atoms with Crippen LogP contribution in [-0.4, -0.2) is 28.7 Å². The van der Waals surface area contributed by atoms with Gasteiger partial charge in [-0.25, -0.2) is 4.98 Å². The van der Waals surface area contributed by atoms with Crippen molar-refractivity contribution in [3.05, 3.63) is 47.1 Å². The smallest absolute Gasteiger partial charge is 0.422 e. The fraction of sp³-hybridized carbons (Fsp3) is 0.455. The first-order valence-corrected chi connectivity index (χ1v) is 11.0. The van der Waals surface area contributed by atoms with Crippen LogP contribution in [0.4, 0.5) is 13.2 Å². The largest absolute Gasteiger partial charge is 0.475 e. The Balaban J connectivity index is 1.34. The summed E-state index contributed by atoms with van der Waals surface area (Å²) in [6.07, 6.45) is -3.07. The highest BCUT2D eigenvalue weighted by Crippen LogP contribution is 2.49. The lowest BCUT2D eigenvalue weighted by Crippen LogP contribution is -2.31. The molecule has 1 amide bonds. The first-order chi connectivity index (χ1) is 14.7. The van der Waals surface area contributed by atoms with Crippen molar-refractivity contribution in [2.24, 2.45) is 11.8 Å². The molecule has 0 unspecified atom stereocenters. The first kappa shape index (κ1) is 21.7. The monoisotopic (exact) mass is 451 g/mol. The number of hydrogen-bond donors (Lipinski definition) is 2. The molecule has 2 heterocycles. The fourth-order valence-electron chi connectivity index (χ4n) is 3.73. The molecule has 1 aliphatic rings. The van der Waals surface area contributed by atoms with Gasteiger partial charge >= 0.3 is 6.18 Å². The zero-order valence-corrected chi connectivity index (χ0v) is 18.0. The predicted molar refractivity (Wildman–Crippen MR) is 113 cm³/mol. The van der Waals surface area contributed by atoms with Gasteiger partial charge in [-0.1, -0.05) is 26.0 Å². The SMILES string of the molecule is CC(C)[C@@H](NC(=O)C[C@@H]1C[C@H]1c1nc2ccccc2[nH]1)c1ccc(OCC(F)(F)F)s1. The normalized spacial score (nSPS) is 19.5. The third-order valence-electron chi connectivity index (χ3n) is 5.40. The van der Waals surface area contributed by atoms with Crippen LogP contribution in [0.15, 0.2) is 36.4 Å². The van der Waals surface area contributed by atoms with Crippen LogP contribution in [0.3, 0.4) is 0 Å². The summed E-state index contributed by atoms with van der Waals surface area (Å²) in [5.41, 5.74) is 1.92. The van der Waals surface area contributed by atoms with Crippen LogP contribution in [0, 0.1) is 11.8 Å². The molecule has 2 N–H and O–H groups in total. The summed E-state index contributed by atoms with van der Waals surface area (Å²) >= 11 is 1.13. The van der Waals surface area contributed by atoms with Crippen molar-refractivity contribution in [1.29, 1.82) is 0 Å². The van der Waals surface area contributed by atoms with Gasteiger partial charge in [0.15, 0.2) is 11.7 Å². The van der Waals surface area contributed by atoms with Gasteiger partial charge in [0, 0.05) is 17.2 Å². The summed E-state index contributed by atoms with van der Waals surface area (Å²) in [7, 11) is 0. The Morgan fingerprint density at radius 3 is 2.77 bits per heavy atom. The molecule has 3 aromatic rings. The highest BCUT2D eigenvalue weighted by atomic mass is 32.1. The summed E-state index contributed by atoms with van der Waals surface area (Å²) in [6.45, 7) is 2.61. The number of imidazole rings is 1. The van der Waals surface area contributed by atoms with Crippen molar-refractivity contribution < 1.29 is 22.7 Å². The van der Waals surface area contributed by atoms with Crippen molar-refractivity contribution in [3.8, 4) is 5.06 Å². The highest BCUT2D eigenvalue weighted by molar-refractivity contribution is 7.13. The molecule has 9 heteroatoms. The molecule has 4 rings (SSSR count). The van der Waals surface area contributed by atoms with E-state index in [9.17, 15) is 18.0 Å². The molecule has 1 fully saturated rings. The van der Waals surface area contributed by atoms with E-state index in [1.54, 1.807) is 6.07 Å². The number of aromatic amines is 1. The van der Waals surface area contributed by atoms with Crippen LogP contribution in [0.1, 0.15) is 49.4 Å². The zero-order chi connectivity index (χ0) is 22.2. The zero-order valence-electron chi connectivity index (χ0n) is 17.2. The Hall–Kier alpha value is -2.55. The van der Waals surface area contributed by atoms with Gasteiger partial charge in [-0.05, 0) is 42.5 Å². The van der Waals surface area contributed by atoms with E-state index in [4.69, 9.17) is 4.74 Å². The number of rotatable bonds is 8. The molecule has 0 aliphatic heterocycles. The van der Waals surface area contributed by atoms with Crippen molar-refractivity contribution in [3.63, 3.8) is 0 Å². The minimum atomic E-state index is -4.38. The Morgan fingerprint density at radius 2 is 2.06 bits per heavy atom. The molecule has 166 valence electrons. The van der Waals surface area contributed by atoms with Gasteiger partial charge in [-0.3, -0.25) is 4.79 Å². The lowest BCUT2D eigenvalue weighted by Gasteiger charge is -2.21. The van der Waals surface area contributed by atoms with E-state index in [-0.39, 0.29) is 34.8 Å². The minimum Gasteiger partial charge on any atom is -0.475 e. The maximum Gasteiger partial charge on any atom is 0.422 e. The first-order valence-electron chi connectivity index (χ1n) is 10.2. The van der Waals surface area contributed by atoms with Crippen molar-refractivity contribution in [2.75, 3.05) is 6.61 Å². The standard InChI is InChI=1S/C22H24F3N3O2S/c1-12(2)20(17-7-8-19(31-17)30-11-22(23,24)25)28-18(29)10-13-9-14(13)21-26-15-5-3-4-6-16(15)27-21/h3-8,12-14,20H,9-11H2,1-2H3,(H,26,27)(H,28,29)/t13-,14+,20+/m0/s1. The average Bonchev–Trinajstić information content (AvgIpc) is 3.12. The number of amides is 1. The van der Waals surface area contributed by atoms with Crippen LogP contribution >= 0.6 is 11.3 Å². The van der Waals surface area contributed by atoms with E-state index in [2.05, 4.69) is 15.3 Å². The number of alkyl halides is 3. The maximum absolute atomic E-state index is 12.7. The summed E-state index contributed by atoms with van der Waals surface area (Å²) in [5.74, 6) is 1.43. The van der Waals surface area contributed by atoms with E-state index in [0.29, 0.717) is 6.42 Å². The van der Waals surface area contributed by atoms with Crippen LogP contribution in [-0.2, 0) is 4.79 Å². The van der Waals surface area contributed by atoms with Crippen molar-refractivity contribution >= 4 is 28.3 Å². The number of hydrogen-bond acceptors (Lipinski definition) is 4. The fourth-order valence-corrected chi connectivity index (χ4v) is 4.81. The van der Waals surface area contributed by atoms with Crippen LogP contribution in [0.5, 0.6) is 5.06 Å². The molecular weight excluding hydrogens is 427 g/mol. The molecule has 0 spiro atoms. The number of aromatic nitrogens is 2. The van der Waals surface area contributed by atoms with Gasteiger partial charge in [-0.15, -0.1) is 11.3 Å². The average molecular weight is 452 g/mol. The summed E-state index contributed by atoms with van der Waals surface area (Å²) in [6, 6.07) is 10.8. The van der Waals surface area contributed by atoms with Crippen molar-refractivity contribution in [1.82, 2.24) is 15.3 Å². The predicted octanol–water partition coefficient (Wildman–Crippen LogP) is 5.57. The summed E-state index contributed by atoms with van der Waals surface area (Å²) in [5, 5.41) is 3.25. The molecule has 0 bridgehead atoms. The number of thiophene rings is 1. The number of carbonyl (C=O) groups excluding carboxylic acids is 1. The number of halogens is 3. The number of benzene rings is 1. The number of para-hydroxylation sites is 2. The van der Waals surface area contributed by atoms with Gasteiger partial charge < -0.3 is 15.0 Å². The second-order valence-corrected chi connectivity index (χ2v) is 9.37. The number of nitrogens with zero attached hydrogens (tertiary/aromatic N) is 1. The third kappa shape index (κ3) is 5.39. The maximum atomic E-state index is 12.7. The Morgan fingerprint density at radius 1 is 1.29 bits per heavy atom. The summed E-state index contributed by atoms with van der Waals surface area (Å²) < 4.78 is 41.9. The van der Waals surface area contributed by atoms with Gasteiger partial charge in [0.25, 0.3) is 0 Å². The molecule has 2 aromatic heterocycles. The van der Waals surface area contributed by atoms with Gasteiger partial charge in [0.05, 0.1) is 17.1 Å². The van der Waals surface area contributed by atoms with E-state index < -0.39 is 12.8 Å². The number of carbonyl (C=O) groups is 1. The minimum absolute atomic E-state index is 0.0616. The van der Waals surface area contributed by atoms with E-state index in [0.717, 1.165) is 39.5 Å². The molecule has 1 saturated carbocycles. The highest BCUT2D eigenvalue weighted by Gasteiger charge is 2.42. The molecule has 3 atom stereocenters. The van der Waals surface area contributed by atoms with E-state index in [1.165, 1.54) is 6.07 Å². The van der Waals surface area contributed by atoms with E-state index in [1.807, 2.05) is 38.1 Å². The topological polar surface area (TPSA) is 67.0 Å². The van der Waals surface area contributed by atoms with E-state index >= 15 is 0 Å². The molecule has 1 aromatic carbocycles. The van der Waals surface area contributed by atoms with Gasteiger partial charge in [-0.2, -0.15) is 13.2 Å². The molecule has 0 radical (unpaired) electrons. The second kappa shape index (κ2) is 8.53. The quantitative estimate of drug-likeness (QED) is 0.470. The Labute approximate surface area is 182 Å². The second-order valence-electron chi connectivity index (χ2n) is 8.30. The molecule has 5 nitrogen and oxygen atoms in total. The third-order valence-corrected chi connectivity index (χ3v) is 6.48. The molecule has 1 aliphatic carbocycles. The number of nitrogens with one attached hydrogen (secondary N) is 2. The van der Waals surface area contributed by atoms with Crippen LogP contribution < -0.4 is 10.1 Å². The number of H-pyrrole nitrogens is 1. The Bertz CT molecular complexity index is 1030. The number of ether oxygens (including phenoxy) is 1. The summed E-state index contributed by atoms with van der Waals surface area (Å²) in [4.78, 5) is 21.4. The molecule has 31 heavy (non-hydrogen) atoms. The van der Waals surface area contributed by atoms with Gasteiger partial charge in [0.2, 0.25) is 5.91 Å². The lowest BCUT2D eigenvalue weighted by atomic mass is 10.0.